The van der Waals surface area contributed by atoms with E-state index < -0.39 is 0 Å². The molecule has 0 atom stereocenters. The van der Waals surface area contributed by atoms with Gasteiger partial charge in [0.05, 0.1) is 17.8 Å². The number of hydrogen-bond donors (Lipinski definition) is 0. The normalized spacial score (nSPS) is 13.5. The van der Waals surface area contributed by atoms with Crippen molar-refractivity contribution < 1.29 is 4.79 Å². The maximum Gasteiger partial charge on any atom is 0.275 e. The first-order valence-electron chi connectivity index (χ1n) is 3.91. The third kappa shape index (κ3) is 1.13. The molecule has 2 rings (SSSR count). The van der Waals surface area contributed by atoms with Gasteiger partial charge in [-0.3, -0.25) is 4.79 Å². The molecule has 0 N–H and O–H groups in total. The molecule has 0 saturated heterocycles. The van der Waals surface area contributed by atoms with E-state index in [1.165, 1.54) is 0 Å². The van der Waals surface area contributed by atoms with Gasteiger partial charge in [-0.05, 0) is 6.07 Å². The van der Waals surface area contributed by atoms with Crippen LogP contribution in [0.1, 0.15) is 6.42 Å². The average Bonchev–Trinajstić information content (AvgIpc) is 2.44. The van der Waals surface area contributed by atoms with Crippen molar-refractivity contribution in [3.8, 4) is 6.07 Å². The maximum atomic E-state index is 11.3. The Balaban J connectivity index is 2.78. The van der Waals surface area contributed by atoms with E-state index in [0.29, 0.717) is 10.9 Å². The molecule has 0 spiro atoms. The topological polar surface area (TPSA) is 53.2 Å². The first kappa shape index (κ1) is 7.69. The standard InChI is InChI=1S/C10H6N2O/c11-6-5-8-7-3-1-2-4-9(7)12-10(8)13/h1-4H,5H2. The lowest BCUT2D eigenvalue weighted by atomic mass is 10.1. The molecule has 62 valence electrons. The molecule has 0 radical (unpaired) electrons. The summed E-state index contributed by atoms with van der Waals surface area (Å²) < 4.78 is 0. The third-order valence-corrected chi connectivity index (χ3v) is 1.97. The van der Waals surface area contributed by atoms with Crippen LogP contribution in [0.25, 0.3) is 5.57 Å². The van der Waals surface area contributed by atoms with Gasteiger partial charge >= 0.3 is 0 Å². The molecule has 0 aromatic heterocycles. The first-order valence-corrected chi connectivity index (χ1v) is 3.91. The Morgan fingerprint density at radius 1 is 1.38 bits per heavy atom. The number of hydrogen-bond acceptors (Lipinski definition) is 2. The van der Waals surface area contributed by atoms with Gasteiger partial charge in [0.25, 0.3) is 5.91 Å². The molecule has 1 amide bonds. The lowest BCUT2D eigenvalue weighted by Crippen LogP contribution is -2.21. The van der Waals surface area contributed by atoms with Crippen molar-refractivity contribution >= 4 is 11.5 Å². The number of fused-ring (bicyclic) bond motifs is 1. The molecule has 0 bridgehead atoms. The van der Waals surface area contributed by atoms with Crippen LogP contribution in [0.3, 0.4) is 0 Å². The van der Waals surface area contributed by atoms with Gasteiger partial charge in [0.15, 0.2) is 0 Å². The highest BCUT2D eigenvalue weighted by atomic mass is 16.1. The summed E-state index contributed by atoms with van der Waals surface area (Å²) in [6, 6.07) is 9.22. The Labute approximate surface area is 74.6 Å². The molecule has 0 unspecified atom stereocenters. The van der Waals surface area contributed by atoms with E-state index in [1.807, 2.05) is 24.3 Å². The van der Waals surface area contributed by atoms with Crippen molar-refractivity contribution in [1.29, 1.82) is 5.26 Å². The monoisotopic (exact) mass is 170 g/mol. The van der Waals surface area contributed by atoms with Crippen molar-refractivity contribution in [2.75, 3.05) is 0 Å². The van der Waals surface area contributed by atoms with Crippen LogP contribution >= 0.6 is 0 Å². The highest BCUT2D eigenvalue weighted by Gasteiger charge is 2.14. The highest BCUT2D eigenvalue weighted by molar-refractivity contribution is 6.15. The van der Waals surface area contributed by atoms with Crippen LogP contribution in [0.5, 0.6) is 0 Å². The van der Waals surface area contributed by atoms with Crippen molar-refractivity contribution in [1.82, 2.24) is 0 Å². The van der Waals surface area contributed by atoms with Crippen molar-refractivity contribution in [3.63, 3.8) is 0 Å². The summed E-state index contributed by atoms with van der Waals surface area (Å²) in [6.45, 7) is 0. The van der Waals surface area contributed by atoms with Crippen LogP contribution in [0, 0.1) is 11.3 Å². The number of nitriles is 1. The number of amides is 1. The predicted molar refractivity (Wildman–Crippen MR) is 45.9 cm³/mol. The molecule has 13 heavy (non-hydrogen) atoms. The Morgan fingerprint density at radius 3 is 2.92 bits per heavy atom. The van der Waals surface area contributed by atoms with Crippen LogP contribution in [-0.4, -0.2) is 5.91 Å². The number of rotatable bonds is 1. The molecule has 1 heterocycles. The second-order valence-corrected chi connectivity index (χ2v) is 2.75. The molecule has 0 saturated carbocycles. The lowest BCUT2D eigenvalue weighted by molar-refractivity contribution is -0.112. The summed E-state index contributed by atoms with van der Waals surface area (Å²) in [7, 11) is 0. The first-order chi connectivity index (χ1) is 6.33. The summed E-state index contributed by atoms with van der Waals surface area (Å²) in [6.07, 6.45) is 0.138. The van der Waals surface area contributed by atoms with E-state index in [9.17, 15) is 4.79 Å². The molecule has 1 aromatic rings. The second kappa shape index (κ2) is 2.83. The molecule has 0 aliphatic carbocycles. The lowest BCUT2D eigenvalue weighted by Gasteiger charge is -1.88. The maximum absolute atomic E-state index is 11.3. The van der Waals surface area contributed by atoms with Crippen LogP contribution in [0.15, 0.2) is 29.3 Å². The van der Waals surface area contributed by atoms with E-state index in [4.69, 9.17) is 5.26 Å². The number of carbonyl (C=O) groups excluding carboxylic acids is 1. The fraction of sp³-hybridized carbons (Fsp3) is 0.100. The SMILES string of the molecule is N#CCC1=c2ccccc2=NC1=O. The fourth-order valence-electron chi connectivity index (χ4n) is 1.37. The Bertz CT molecular complexity index is 523. The molecular weight excluding hydrogens is 164 g/mol. The number of nitrogens with zero attached hydrogens (tertiary/aromatic N) is 2. The molecular formula is C10H6N2O. The smallest absolute Gasteiger partial charge is 0.267 e. The van der Waals surface area contributed by atoms with E-state index in [1.54, 1.807) is 6.07 Å². The van der Waals surface area contributed by atoms with E-state index >= 15 is 0 Å². The average molecular weight is 170 g/mol. The number of para-hydroxylation sites is 1. The zero-order chi connectivity index (χ0) is 9.26. The van der Waals surface area contributed by atoms with Crippen molar-refractivity contribution in [2.45, 2.75) is 6.42 Å². The van der Waals surface area contributed by atoms with Crippen molar-refractivity contribution in [2.24, 2.45) is 4.99 Å². The van der Waals surface area contributed by atoms with Gasteiger partial charge in [-0.1, -0.05) is 18.2 Å². The van der Waals surface area contributed by atoms with Crippen LogP contribution in [0.4, 0.5) is 0 Å². The third-order valence-electron chi connectivity index (χ3n) is 1.97. The van der Waals surface area contributed by atoms with E-state index in [-0.39, 0.29) is 12.3 Å². The highest BCUT2D eigenvalue weighted by Crippen LogP contribution is 2.03. The molecule has 3 heteroatoms. The van der Waals surface area contributed by atoms with E-state index in [2.05, 4.69) is 4.99 Å². The Hall–Kier alpha value is -1.95. The molecule has 1 aromatic carbocycles. The summed E-state index contributed by atoms with van der Waals surface area (Å²) >= 11 is 0. The summed E-state index contributed by atoms with van der Waals surface area (Å²) in [5.74, 6) is -0.275. The Morgan fingerprint density at radius 2 is 2.15 bits per heavy atom. The zero-order valence-corrected chi connectivity index (χ0v) is 6.82. The minimum atomic E-state index is -0.275. The van der Waals surface area contributed by atoms with Gasteiger partial charge in [0.1, 0.15) is 0 Å². The van der Waals surface area contributed by atoms with E-state index in [0.717, 1.165) is 5.22 Å². The minimum Gasteiger partial charge on any atom is -0.267 e. The van der Waals surface area contributed by atoms with Gasteiger partial charge in [-0.2, -0.15) is 5.26 Å². The number of carbonyl (C=O) groups is 1. The van der Waals surface area contributed by atoms with Crippen LogP contribution < -0.4 is 10.6 Å². The van der Waals surface area contributed by atoms with Crippen LogP contribution in [0.2, 0.25) is 0 Å². The molecule has 0 fully saturated rings. The largest absolute Gasteiger partial charge is 0.275 e. The zero-order valence-electron chi connectivity index (χ0n) is 6.82. The van der Waals surface area contributed by atoms with Gasteiger partial charge < -0.3 is 0 Å². The predicted octanol–water partition coefficient (Wildman–Crippen LogP) is -0.0892. The Kier molecular flexibility index (Phi) is 1.67. The van der Waals surface area contributed by atoms with Gasteiger partial charge in [0.2, 0.25) is 0 Å². The minimum absolute atomic E-state index is 0.138. The summed E-state index contributed by atoms with van der Waals surface area (Å²) in [5.41, 5.74) is 0.512. The van der Waals surface area contributed by atoms with Gasteiger partial charge in [-0.25, -0.2) is 4.99 Å². The quantitative estimate of drug-likeness (QED) is 0.591. The molecule has 1 aliphatic rings. The summed E-state index contributed by atoms with van der Waals surface area (Å²) in [5, 5.41) is 9.98. The molecule has 1 aliphatic heterocycles. The second-order valence-electron chi connectivity index (χ2n) is 2.75. The number of benzene rings is 1. The fourth-order valence-corrected chi connectivity index (χ4v) is 1.37. The van der Waals surface area contributed by atoms with Gasteiger partial charge in [-0.15, -0.1) is 0 Å². The van der Waals surface area contributed by atoms with Crippen molar-refractivity contribution in [3.05, 3.63) is 34.8 Å². The van der Waals surface area contributed by atoms with Gasteiger partial charge in [0, 0.05) is 10.8 Å². The van der Waals surface area contributed by atoms with Crippen LogP contribution in [-0.2, 0) is 4.79 Å². The molecule has 3 nitrogen and oxygen atoms in total. The summed E-state index contributed by atoms with van der Waals surface area (Å²) in [4.78, 5) is 15.1.